The van der Waals surface area contributed by atoms with E-state index in [2.05, 4.69) is 22.4 Å². The second kappa shape index (κ2) is 5.88. The summed E-state index contributed by atoms with van der Waals surface area (Å²) in [5, 5.41) is 3.53. The molecule has 0 amide bonds. The number of ether oxygens (including phenoxy) is 2. The van der Waals surface area contributed by atoms with Crippen molar-refractivity contribution in [3.8, 4) is 5.88 Å². The summed E-state index contributed by atoms with van der Waals surface area (Å²) in [6, 6.07) is 4.93. The minimum absolute atomic E-state index is 0.257. The standard InChI is InChI=1S/C15H22N2O2/c1-11-8-12(10-16-13-2-3-13)9-15(17-11)19-14-4-6-18-7-5-14/h8-9,13-14,16H,2-7,10H2,1H3. The maximum Gasteiger partial charge on any atom is 0.214 e. The van der Waals surface area contributed by atoms with Crippen molar-refractivity contribution in [2.45, 2.75) is 51.3 Å². The smallest absolute Gasteiger partial charge is 0.214 e. The first kappa shape index (κ1) is 12.9. The largest absolute Gasteiger partial charge is 0.474 e. The van der Waals surface area contributed by atoms with E-state index in [-0.39, 0.29) is 6.10 Å². The third kappa shape index (κ3) is 3.91. The van der Waals surface area contributed by atoms with Gasteiger partial charge in [-0.2, -0.15) is 0 Å². The lowest BCUT2D eigenvalue weighted by molar-refractivity contribution is 0.0236. The molecule has 1 saturated heterocycles. The summed E-state index contributed by atoms with van der Waals surface area (Å²) in [6.07, 6.45) is 4.81. The minimum Gasteiger partial charge on any atom is -0.474 e. The highest BCUT2D eigenvalue weighted by molar-refractivity contribution is 5.25. The fourth-order valence-electron chi connectivity index (χ4n) is 2.38. The molecular formula is C15H22N2O2. The fourth-order valence-corrected chi connectivity index (χ4v) is 2.38. The molecule has 1 aliphatic heterocycles. The second-order valence-corrected chi connectivity index (χ2v) is 5.54. The van der Waals surface area contributed by atoms with Gasteiger partial charge >= 0.3 is 0 Å². The average Bonchev–Trinajstić information content (AvgIpc) is 3.21. The number of hydrogen-bond acceptors (Lipinski definition) is 4. The number of rotatable bonds is 5. The van der Waals surface area contributed by atoms with Crippen LogP contribution in [0.2, 0.25) is 0 Å². The highest BCUT2D eigenvalue weighted by atomic mass is 16.5. The number of nitrogens with one attached hydrogen (secondary N) is 1. The number of aryl methyl sites for hydroxylation is 1. The van der Waals surface area contributed by atoms with Crippen LogP contribution < -0.4 is 10.1 Å². The van der Waals surface area contributed by atoms with Gasteiger partial charge in [-0.3, -0.25) is 0 Å². The fraction of sp³-hybridized carbons (Fsp3) is 0.667. The zero-order valence-corrected chi connectivity index (χ0v) is 11.5. The highest BCUT2D eigenvalue weighted by Gasteiger charge is 2.20. The quantitative estimate of drug-likeness (QED) is 0.883. The molecule has 1 aliphatic carbocycles. The Balaban J connectivity index is 1.62. The van der Waals surface area contributed by atoms with Gasteiger partial charge < -0.3 is 14.8 Å². The van der Waals surface area contributed by atoms with Crippen molar-refractivity contribution in [3.63, 3.8) is 0 Å². The summed E-state index contributed by atoms with van der Waals surface area (Å²) in [5.41, 5.74) is 2.29. The molecule has 19 heavy (non-hydrogen) atoms. The van der Waals surface area contributed by atoms with E-state index in [1.807, 2.05) is 6.92 Å². The SMILES string of the molecule is Cc1cc(CNC2CC2)cc(OC2CCOCC2)n1. The lowest BCUT2D eigenvalue weighted by atomic mass is 10.1. The van der Waals surface area contributed by atoms with E-state index in [0.29, 0.717) is 0 Å². The van der Waals surface area contributed by atoms with E-state index >= 15 is 0 Å². The molecule has 4 nitrogen and oxygen atoms in total. The Labute approximate surface area is 114 Å². The summed E-state index contributed by atoms with van der Waals surface area (Å²) in [7, 11) is 0. The van der Waals surface area contributed by atoms with Crippen molar-refractivity contribution in [1.82, 2.24) is 10.3 Å². The third-order valence-electron chi connectivity index (χ3n) is 3.62. The van der Waals surface area contributed by atoms with Gasteiger partial charge in [0.25, 0.3) is 0 Å². The average molecular weight is 262 g/mol. The van der Waals surface area contributed by atoms with Crippen LogP contribution in [0.3, 0.4) is 0 Å². The summed E-state index contributed by atoms with van der Waals surface area (Å²) >= 11 is 0. The van der Waals surface area contributed by atoms with Gasteiger partial charge in [0.1, 0.15) is 6.10 Å². The first-order chi connectivity index (χ1) is 9.29. The van der Waals surface area contributed by atoms with E-state index in [1.165, 1.54) is 18.4 Å². The van der Waals surface area contributed by atoms with Gasteiger partial charge in [0.15, 0.2) is 0 Å². The number of pyridine rings is 1. The maximum atomic E-state index is 5.98. The maximum absolute atomic E-state index is 5.98. The molecular weight excluding hydrogens is 240 g/mol. The van der Waals surface area contributed by atoms with Crippen LogP contribution in [0.1, 0.15) is 36.9 Å². The Bertz CT molecular complexity index is 426. The van der Waals surface area contributed by atoms with Crippen molar-refractivity contribution in [2.24, 2.45) is 0 Å². The lowest BCUT2D eigenvalue weighted by Crippen LogP contribution is -2.26. The third-order valence-corrected chi connectivity index (χ3v) is 3.62. The van der Waals surface area contributed by atoms with Crippen molar-refractivity contribution in [2.75, 3.05) is 13.2 Å². The van der Waals surface area contributed by atoms with E-state index in [4.69, 9.17) is 9.47 Å². The molecule has 0 radical (unpaired) electrons. The Morgan fingerprint density at radius 2 is 2.05 bits per heavy atom. The van der Waals surface area contributed by atoms with Crippen LogP contribution in [0.4, 0.5) is 0 Å². The summed E-state index contributed by atoms with van der Waals surface area (Å²) in [6.45, 7) is 4.54. The molecule has 0 unspecified atom stereocenters. The van der Waals surface area contributed by atoms with Gasteiger partial charge in [-0.05, 0) is 31.4 Å². The molecule has 2 heterocycles. The molecule has 1 aromatic rings. The normalized spacial score (nSPS) is 20.5. The monoisotopic (exact) mass is 262 g/mol. The van der Waals surface area contributed by atoms with Crippen molar-refractivity contribution < 1.29 is 9.47 Å². The van der Waals surface area contributed by atoms with Gasteiger partial charge in [-0.25, -0.2) is 4.98 Å². The predicted molar refractivity (Wildman–Crippen MR) is 73.3 cm³/mol. The molecule has 1 aromatic heterocycles. The Morgan fingerprint density at radius 1 is 1.26 bits per heavy atom. The van der Waals surface area contributed by atoms with Crippen LogP contribution in [0, 0.1) is 6.92 Å². The van der Waals surface area contributed by atoms with Crippen molar-refractivity contribution in [3.05, 3.63) is 23.4 Å². The van der Waals surface area contributed by atoms with E-state index < -0.39 is 0 Å². The first-order valence-electron chi connectivity index (χ1n) is 7.25. The molecule has 2 fully saturated rings. The van der Waals surface area contributed by atoms with Gasteiger partial charge in [-0.1, -0.05) is 0 Å². The Kier molecular flexibility index (Phi) is 3.99. The van der Waals surface area contributed by atoms with Crippen LogP contribution in [0.5, 0.6) is 5.88 Å². The zero-order chi connectivity index (χ0) is 13.1. The van der Waals surface area contributed by atoms with Crippen LogP contribution >= 0.6 is 0 Å². The van der Waals surface area contributed by atoms with E-state index in [1.54, 1.807) is 0 Å². The minimum atomic E-state index is 0.257. The highest BCUT2D eigenvalue weighted by Crippen LogP contribution is 2.21. The lowest BCUT2D eigenvalue weighted by Gasteiger charge is -2.23. The molecule has 3 rings (SSSR count). The van der Waals surface area contributed by atoms with Crippen molar-refractivity contribution in [1.29, 1.82) is 0 Å². The molecule has 0 bridgehead atoms. The molecule has 1 N–H and O–H groups in total. The molecule has 104 valence electrons. The summed E-state index contributed by atoms with van der Waals surface area (Å²) in [4.78, 5) is 4.48. The van der Waals surface area contributed by atoms with Gasteiger partial charge in [0, 0.05) is 37.2 Å². The molecule has 0 aromatic carbocycles. The number of nitrogens with zero attached hydrogens (tertiary/aromatic N) is 1. The topological polar surface area (TPSA) is 43.4 Å². The Morgan fingerprint density at radius 3 is 2.79 bits per heavy atom. The van der Waals surface area contributed by atoms with Gasteiger partial charge in [0.05, 0.1) is 13.2 Å². The van der Waals surface area contributed by atoms with E-state index in [0.717, 1.165) is 50.2 Å². The summed E-state index contributed by atoms with van der Waals surface area (Å²) in [5.74, 6) is 0.763. The molecule has 2 aliphatic rings. The van der Waals surface area contributed by atoms with Crippen molar-refractivity contribution >= 4 is 0 Å². The number of aromatic nitrogens is 1. The zero-order valence-electron chi connectivity index (χ0n) is 11.5. The Hall–Kier alpha value is -1.13. The van der Waals surface area contributed by atoms with Gasteiger partial charge in [-0.15, -0.1) is 0 Å². The first-order valence-corrected chi connectivity index (χ1v) is 7.25. The number of hydrogen-bond donors (Lipinski definition) is 1. The van der Waals surface area contributed by atoms with Gasteiger partial charge in [0.2, 0.25) is 5.88 Å². The van der Waals surface area contributed by atoms with Crippen LogP contribution in [0.25, 0.3) is 0 Å². The molecule has 1 saturated carbocycles. The van der Waals surface area contributed by atoms with Crippen LogP contribution in [-0.4, -0.2) is 30.3 Å². The van der Waals surface area contributed by atoms with Crippen LogP contribution in [-0.2, 0) is 11.3 Å². The van der Waals surface area contributed by atoms with E-state index in [9.17, 15) is 0 Å². The predicted octanol–water partition coefficient (Wildman–Crippen LogP) is 2.20. The molecule has 0 spiro atoms. The second-order valence-electron chi connectivity index (χ2n) is 5.54. The molecule has 0 atom stereocenters. The molecule has 4 heteroatoms. The summed E-state index contributed by atoms with van der Waals surface area (Å²) < 4.78 is 11.3. The van der Waals surface area contributed by atoms with Crippen LogP contribution in [0.15, 0.2) is 12.1 Å².